The molecule has 2 N–H and O–H groups in total. The van der Waals surface area contributed by atoms with Crippen LogP contribution in [0, 0.1) is 0 Å². The zero-order valence-electron chi connectivity index (χ0n) is 10.9. The number of rotatable bonds is 4. The van der Waals surface area contributed by atoms with Crippen LogP contribution in [0.5, 0.6) is 0 Å². The fraction of sp³-hybridized carbons (Fsp3) is 0.133. The van der Waals surface area contributed by atoms with Gasteiger partial charge in [0.2, 0.25) is 0 Å². The summed E-state index contributed by atoms with van der Waals surface area (Å²) >= 11 is 12.2. The highest BCUT2D eigenvalue weighted by Gasteiger charge is 2.08. The van der Waals surface area contributed by atoms with Crippen molar-refractivity contribution in [1.82, 2.24) is 5.32 Å². The molecule has 0 aliphatic rings. The number of carbonyl (C=O) groups excluding carboxylic acids is 1. The lowest BCUT2D eigenvalue weighted by molar-refractivity contribution is 0.0963. The molecule has 0 atom stereocenters. The molecule has 0 radical (unpaired) electrons. The third kappa shape index (κ3) is 3.44. The van der Waals surface area contributed by atoms with Crippen LogP contribution in [-0.2, 0) is 6.54 Å². The zero-order chi connectivity index (χ0) is 14.5. The van der Waals surface area contributed by atoms with E-state index >= 15 is 0 Å². The Morgan fingerprint density at radius 3 is 2.55 bits per heavy atom. The SMILES string of the molecule is CNC(=O)c1ccc(Cl)c(NCc2ccccc2Cl)c1. The van der Waals surface area contributed by atoms with Crippen LogP contribution in [-0.4, -0.2) is 13.0 Å². The summed E-state index contributed by atoms with van der Waals surface area (Å²) in [5.41, 5.74) is 2.22. The molecular formula is C15H14Cl2N2O. The lowest BCUT2D eigenvalue weighted by atomic mass is 10.1. The standard InChI is InChI=1S/C15H14Cl2N2O/c1-18-15(20)10-6-7-13(17)14(8-10)19-9-11-4-2-3-5-12(11)16/h2-8,19H,9H2,1H3,(H,18,20). The number of amides is 1. The molecule has 0 saturated carbocycles. The number of halogens is 2. The summed E-state index contributed by atoms with van der Waals surface area (Å²) in [4.78, 5) is 11.6. The lowest BCUT2D eigenvalue weighted by Gasteiger charge is -2.11. The predicted octanol–water partition coefficient (Wildman–Crippen LogP) is 3.97. The molecule has 20 heavy (non-hydrogen) atoms. The highest BCUT2D eigenvalue weighted by molar-refractivity contribution is 6.33. The van der Waals surface area contributed by atoms with E-state index in [2.05, 4.69) is 10.6 Å². The summed E-state index contributed by atoms with van der Waals surface area (Å²) in [5, 5.41) is 7.03. The highest BCUT2D eigenvalue weighted by atomic mass is 35.5. The van der Waals surface area contributed by atoms with Gasteiger partial charge in [-0.15, -0.1) is 0 Å². The van der Waals surface area contributed by atoms with E-state index in [0.717, 1.165) is 5.56 Å². The second-order valence-electron chi connectivity index (χ2n) is 4.22. The van der Waals surface area contributed by atoms with Gasteiger partial charge in [-0.05, 0) is 29.8 Å². The first kappa shape index (κ1) is 14.7. The average Bonchev–Trinajstić information content (AvgIpc) is 2.47. The molecule has 0 saturated heterocycles. The fourth-order valence-corrected chi connectivity index (χ4v) is 2.17. The van der Waals surface area contributed by atoms with Crippen LogP contribution in [0.2, 0.25) is 10.0 Å². The quantitative estimate of drug-likeness (QED) is 0.897. The number of nitrogens with one attached hydrogen (secondary N) is 2. The Kier molecular flexibility index (Phi) is 4.88. The van der Waals surface area contributed by atoms with Crippen LogP contribution in [0.25, 0.3) is 0 Å². The molecule has 0 unspecified atom stereocenters. The zero-order valence-corrected chi connectivity index (χ0v) is 12.4. The fourth-order valence-electron chi connectivity index (χ4n) is 1.78. The van der Waals surface area contributed by atoms with Crippen molar-refractivity contribution < 1.29 is 4.79 Å². The van der Waals surface area contributed by atoms with Crippen molar-refractivity contribution in [1.29, 1.82) is 0 Å². The van der Waals surface area contributed by atoms with Gasteiger partial charge in [-0.3, -0.25) is 4.79 Å². The van der Waals surface area contributed by atoms with Gasteiger partial charge < -0.3 is 10.6 Å². The van der Waals surface area contributed by atoms with Gasteiger partial charge in [0.1, 0.15) is 0 Å². The van der Waals surface area contributed by atoms with Crippen molar-refractivity contribution in [2.24, 2.45) is 0 Å². The number of hydrogen-bond donors (Lipinski definition) is 2. The minimum absolute atomic E-state index is 0.150. The minimum Gasteiger partial charge on any atom is -0.380 e. The van der Waals surface area contributed by atoms with E-state index in [1.807, 2.05) is 24.3 Å². The summed E-state index contributed by atoms with van der Waals surface area (Å²) in [6.07, 6.45) is 0. The van der Waals surface area contributed by atoms with Crippen molar-refractivity contribution in [3.8, 4) is 0 Å². The van der Waals surface area contributed by atoms with E-state index in [-0.39, 0.29) is 5.91 Å². The van der Waals surface area contributed by atoms with E-state index < -0.39 is 0 Å². The van der Waals surface area contributed by atoms with Gasteiger partial charge in [0.25, 0.3) is 5.91 Å². The topological polar surface area (TPSA) is 41.1 Å². The monoisotopic (exact) mass is 308 g/mol. The van der Waals surface area contributed by atoms with Crippen molar-refractivity contribution in [2.45, 2.75) is 6.54 Å². The molecule has 0 spiro atoms. The smallest absolute Gasteiger partial charge is 0.251 e. The van der Waals surface area contributed by atoms with Gasteiger partial charge in [-0.25, -0.2) is 0 Å². The van der Waals surface area contributed by atoms with Gasteiger partial charge in [0.05, 0.1) is 10.7 Å². The first-order valence-electron chi connectivity index (χ1n) is 6.10. The normalized spacial score (nSPS) is 10.2. The van der Waals surface area contributed by atoms with Crippen molar-refractivity contribution in [3.05, 3.63) is 63.6 Å². The maximum Gasteiger partial charge on any atom is 0.251 e. The molecule has 0 aliphatic carbocycles. The van der Waals surface area contributed by atoms with Crippen LogP contribution in [0.4, 0.5) is 5.69 Å². The maximum absolute atomic E-state index is 11.6. The van der Waals surface area contributed by atoms with E-state index in [1.54, 1.807) is 25.2 Å². The number of benzene rings is 2. The van der Waals surface area contributed by atoms with Gasteiger partial charge in [-0.1, -0.05) is 41.4 Å². The molecule has 1 amide bonds. The molecule has 0 aromatic heterocycles. The Hall–Kier alpha value is -1.71. The van der Waals surface area contributed by atoms with Crippen LogP contribution in [0.15, 0.2) is 42.5 Å². The Morgan fingerprint density at radius 1 is 1.10 bits per heavy atom. The predicted molar refractivity (Wildman–Crippen MR) is 83.6 cm³/mol. The van der Waals surface area contributed by atoms with Crippen LogP contribution in [0.3, 0.4) is 0 Å². The summed E-state index contributed by atoms with van der Waals surface area (Å²) in [6.45, 7) is 0.538. The Bertz CT molecular complexity index is 629. The minimum atomic E-state index is -0.150. The van der Waals surface area contributed by atoms with E-state index in [4.69, 9.17) is 23.2 Å². The number of carbonyl (C=O) groups is 1. The molecule has 2 aromatic carbocycles. The second kappa shape index (κ2) is 6.64. The molecule has 0 fully saturated rings. The Balaban J connectivity index is 2.17. The summed E-state index contributed by atoms with van der Waals surface area (Å²) < 4.78 is 0. The summed E-state index contributed by atoms with van der Waals surface area (Å²) in [5.74, 6) is -0.150. The first-order valence-corrected chi connectivity index (χ1v) is 6.86. The third-order valence-electron chi connectivity index (χ3n) is 2.88. The molecule has 2 rings (SSSR count). The number of anilines is 1. The lowest BCUT2D eigenvalue weighted by Crippen LogP contribution is -2.17. The van der Waals surface area contributed by atoms with Gasteiger partial charge >= 0.3 is 0 Å². The highest BCUT2D eigenvalue weighted by Crippen LogP contribution is 2.24. The van der Waals surface area contributed by atoms with E-state index in [0.29, 0.717) is 27.8 Å². The van der Waals surface area contributed by atoms with Crippen molar-refractivity contribution >= 4 is 34.8 Å². The maximum atomic E-state index is 11.6. The van der Waals surface area contributed by atoms with Crippen molar-refractivity contribution in [2.75, 3.05) is 12.4 Å². The summed E-state index contributed by atoms with van der Waals surface area (Å²) in [7, 11) is 1.59. The Labute approximate surface area is 127 Å². The van der Waals surface area contributed by atoms with E-state index in [1.165, 1.54) is 0 Å². The van der Waals surface area contributed by atoms with Crippen molar-refractivity contribution in [3.63, 3.8) is 0 Å². The molecule has 2 aromatic rings. The van der Waals surface area contributed by atoms with Crippen LogP contribution < -0.4 is 10.6 Å². The molecule has 0 aliphatic heterocycles. The molecule has 0 bridgehead atoms. The van der Waals surface area contributed by atoms with E-state index in [9.17, 15) is 4.79 Å². The van der Waals surface area contributed by atoms with Gasteiger partial charge in [-0.2, -0.15) is 0 Å². The van der Waals surface area contributed by atoms with Crippen LogP contribution in [0.1, 0.15) is 15.9 Å². The largest absolute Gasteiger partial charge is 0.380 e. The number of hydrogen-bond acceptors (Lipinski definition) is 2. The summed E-state index contributed by atoms with van der Waals surface area (Å²) in [6, 6.07) is 12.7. The first-order chi connectivity index (χ1) is 9.61. The van der Waals surface area contributed by atoms with Gasteiger partial charge in [0.15, 0.2) is 0 Å². The molecular weight excluding hydrogens is 295 g/mol. The molecule has 3 nitrogen and oxygen atoms in total. The van der Waals surface area contributed by atoms with Crippen LogP contribution >= 0.6 is 23.2 Å². The average molecular weight is 309 g/mol. The molecule has 104 valence electrons. The molecule has 5 heteroatoms. The Morgan fingerprint density at radius 2 is 1.85 bits per heavy atom. The second-order valence-corrected chi connectivity index (χ2v) is 5.03. The molecule has 0 heterocycles. The third-order valence-corrected chi connectivity index (χ3v) is 3.58. The van der Waals surface area contributed by atoms with Gasteiger partial charge in [0, 0.05) is 24.2 Å².